The van der Waals surface area contributed by atoms with Gasteiger partial charge in [-0.3, -0.25) is 14.9 Å². The third-order valence-electron chi connectivity index (χ3n) is 2.40. The second-order valence-corrected chi connectivity index (χ2v) is 5.00. The summed E-state index contributed by atoms with van der Waals surface area (Å²) in [4.78, 5) is 24.3. The van der Waals surface area contributed by atoms with Gasteiger partial charge in [-0.15, -0.1) is 11.3 Å². The van der Waals surface area contributed by atoms with Crippen molar-refractivity contribution in [2.45, 2.75) is 25.9 Å². The first-order chi connectivity index (χ1) is 8.56. The topological polar surface area (TPSA) is 64.6 Å². The fourth-order valence-corrected chi connectivity index (χ4v) is 2.30. The van der Waals surface area contributed by atoms with E-state index in [9.17, 15) is 9.59 Å². The van der Waals surface area contributed by atoms with Gasteiger partial charge >= 0.3 is 11.9 Å². The van der Waals surface area contributed by atoms with E-state index in [2.05, 4.69) is 14.8 Å². The molecule has 0 aliphatic rings. The summed E-state index contributed by atoms with van der Waals surface area (Å²) in [6, 6.07) is 3.47. The Labute approximate surface area is 110 Å². The fourth-order valence-electron chi connectivity index (χ4n) is 1.34. The molecule has 100 valence electrons. The molecular formula is C12H17NO4S. The third kappa shape index (κ3) is 4.46. The molecule has 1 atom stereocenters. The lowest BCUT2D eigenvalue weighted by atomic mass is 10.3. The molecule has 0 bridgehead atoms. The van der Waals surface area contributed by atoms with Crippen molar-refractivity contribution in [1.82, 2.24) is 5.32 Å². The number of hydrogen-bond donors (Lipinski definition) is 1. The van der Waals surface area contributed by atoms with Crippen LogP contribution in [0.1, 0.15) is 16.7 Å². The van der Waals surface area contributed by atoms with Gasteiger partial charge < -0.3 is 9.47 Å². The number of nitrogens with one attached hydrogen (secondary N) is 1. The van der Waals surface area contributed by atoms with Crippen molar-refractivity contribution in [3.8, 4) is 0 Å². The SMILES string of the molecule is COC(=O)Cc1ccc(CNC(C)C(=O)OC)s1. The summed E-state index contributed by atoms with van der Waals surface area (Å²) >= 11 is 1.52. The van der Waals surface area contributed by atoms with Crippen LogP contribution in [-0.4, -0.2) is 32.2 Å². The number of hydrogen-bond acceptors (Lipinski definition) is 6. The fraction of sp³-hybridized carbons (Fsp3) is 0.500. The van der Waals surface area contributed by atoms with Crippen LogP contribution in [0.3, 0.4) is 0 Å². The van der Waals surface area contributed by atoms with E-state index < -0.39 is 0 Å². The van der Waals surface area contributed by atoms with Crippen molar-refractivity contribution in [2.75, 3.05) is 14.2 Å². The summed E-state index contributed by atoms with van der Waals surface area (Å²) in [6.07, 6.45) is 0.285. The minimum atomic E-state index is -0.346. The van der Waals surface area contributed by atoms with E-state index >= 15 is 0 Å². The van der Waals surface area contributed by atoms with E-state index in [1.54, 1.807) is 6.92 Å². The maximum absolute atomic E-state index is 11.2. The average molecular weight is 271 g/mol. The number of rotatable bonds is 6. The van der Waals surface area contributed by atoms with Gasteiger partial charge in [0.1, 0.15) is 6.04 Å². The van der Waals surface area contributed by atoms with Crippen molar-refractivity contribution < 1.29 is 19.1 Å². The maximum Gasteiger partial charge on any atom is 0.322 e. The Morgan fingerprint density at radius 1 is 1.28 bits per heavy atom. The van der Waals surface area contributed by atoms with Crippen LogP contribution in [-0.2, 0) is 32.0 Å². The summed E-state index contributed by atoms with van der Waals surface area (Å²) in [6.45, 7) is 2.32. The van der Waals surface area contributed by atoms with Gasteiger partial charge in [-0.2, -0.15) is 0 Å². The number of esters is 2. The first-order valence-electron chi connectivity index (χ1n) is 5.52. The van der Waals surface area contributed by atoms with E-state index in [1.807, 2.05) is 12.1 Å². The predicted molar refractivity (Wildman–Crippen MR) is 68.4 cm³/mol. The molecule has 18 heavy (non-hydrogen) atoms. The zero-order valence-electron chi connectivity index (χ0n) is 10.7. The van der Waals surface area contributed by atoms with Gasteiger partial charge in [0.15, 0.2) is 0 Å². The molecule has 0 aliphatic carbocycles. The Morgan fingerprint density at radius 3 is 2.56 bits per heavy atom. The van der Waals surface area contributed by atoms with Gasteiger partial charge in [0.25, 0.3) is 0 Å². The molecule has 0 aromatic carbocycles. The second kappa shape index (κ2) is 7.13. The summed E-state index contributed by atoms with van der Waals surface area (Å²) in [5, 5.41) is 3.05. The molecule has 1 unspecified atom stereocenters. The highest BCUT2D eigenvalue weighted by molar-refractivity contribution is 7.12. The van der Waals surface area contributed by atoms with Crippen LogP contribution in [0.4, 0.5) is 0 Å². The lowest BCUT2D eigenvalue weighted by Crippen LogP contribution is -2.34. The molecule has 6 heteroatoms. The minimum absolute atomic E-state index is 0.251. The standard InChI is InChI=1S/C12H17NO4S/c1-8(12(15)17-3)13-7-10-5-4-9(18-10)6-11(14)16-2/h4-5,8,13H,6-7H2,1-3H3. The molecule has 0 saturated heterocycles. The van der Waals surface area contributed by atoms with E-state index in [0.717, 1.165) is 9.75 Å². The van der Waals surface area contributed by atoms with Crippen LogP contribution in [0.15, 0.2) is 12.1 Å². The minimum Gasteiger partial charge on any atom is -0.469 e. The molecule has 5 nitrogen and oxygen atoms in total. The van der Waals surface area contributed by atoms with Gasteiger partial charge in [0.05, 0.1) is 20.6 Å². The number of ether oxygens (including phenoxy) is 2. The quantitative estimate of drug-likeness (QED) is 0.785. The molecule has 0 radical (unpaired) electrons. The molecule has 0 amide bonds. The van der Waals surface area contributed by atoms with Gasteiger partial charge in [-0.25, -0.2) is 0 Å². The van der Waals surface area contributed by atoms with Crippen molar-refractivity contribution in [3.05, 3.63) is 21.9 Å². The average Bonchev–Trinajstić information content (AvgIpc) is 2.82. The number of carbonyl (C=O) groups excluding carboxylic acids is 2. The van der Waals surface area contributed by atoms with E-state index in [4.69, 9.17) is 0 Å². The number of thiophene rings is 1. The van der Waals surface area contributed by atoms with Crippen LogP contribution in [0.25, 0.3) is 0 Å². The van der Waals surface area contributed by atoms with Gasteiger partial charge in [0, 0.05) is 16.3 Å². The first-order valence-corrected chi connectivity index (χ1v) is 6.34. The van der Waals surface area contributed by atoms with Crippen LogP contribution in [0.5, 0.6) is 0 Å². The highest BCUT2D eigenvalue weighted by atomic mass is 32.1. The zero-order chi connectivity index (χ0) is 13.5. The summed E-state index contributed by atoms with van der Waals surface area (Å²) in [5.41, 5.74) is 0. The Morgan fingerprint density at radius 2 is 1.94 bits per heavy atom. The summed E-state index contributed by atoms with van der Waals surface area (Å²) in [7, 11) is 2.73. The molecule has 0 saturated carbocycles. The molecule has 1 heterocycles. The monoisotopic (exact) mass is 271 g/mol. The van der Waals surface area contributed by atoms with Crippen molar-refractivity contribution >= 4 is 23.3 Å². The largest absolute Gasteiger partial charge is 0.469 e. The molecule has 1 aromatic rings. The van der Waals surface area contributed by atoms with Crippen LogP contribution in [0, 0.1) is 0 Å². The third-order valence-corrected chi connectivity index (χ3v) is 3.49. The predicted octanol–water partition coefficient (Wildman–Crippen LogP) is 1.11. The zero-order valence-corrected chi connectivity index (χ0v) is 11.5. The Hall–Kier alpha value is -1.40. The maximum atomic E-state index is 11.2. The van der Waals surface area contributed by atoms with Gasteiger partial charge in [0.2, 0.25) is 0 Å². The molecular weight excluding hydrogens is 254 g/mol. The van der Waals surface area contributed by atoms with Crippen molar-refractivity contribution in [3.63, 3.8) is 0 Å². The lowest BCUT2D eigenvalue weighted by molar-refractivity contribution is -0.142. The molecule has 0 fully saturated rings. The Bertz CT molecular complexity index is 416. The Balaban J connectivity index is 2.44. The Kier molecular flexibility index (Phi) is 5.80. The molecule has 1 N–H and O–H groups in total. The van der Waals surface area contributed by atoms with E-state index in [1.165, 1.54) is 25.6 Å². The molecule has 1 rings (SSSR count). The van der Waals surface area contributed by atoms with Crippen LogP contribution in [0.2, 0.25) is 0 Å². The number of methoxy groups -OCH3 is 2. The van der Waals surface area contributed by atoms with Crippen molar-refractivity contribution in [1.29, 1.82) is 0 Å². The lowest BCUT2D eigenvalue weighted by Gasteiger charge is -2.09. The second-order valence-electron chi connectivity index (χ2n) is 3.75. The van der Waals surface area contributed by atoms with E-state index in [0.29, 0.717) is 6.54 Å². The highest BCUT2D eigenvalue weighted by Gasteiger charge is 2.12. The summed E-state index contributed by atoms with van der Waals surface area (Å²) < 4.78 is 9.21. The molecule has 0 aliphatic heterocycles. The smallest absolute Gasteiger partial charge is 0.322 e. The highest BCUT2D eigenvalue weighted by Crippen LogP contribution is 2.17. The normalized spacial score (nSPS) is 11.9. The summed E-state index contributed by atoms with van der Waals surface area (Å²) in [5.74, 6) is -0.541. The number of carbonyl (C=O) groups is 2. The van der Waals surface area contributed by atoms with Crippen LogP contribution >= 0.6 is 11.3 Å². The van der Waals surface area contributed by atoms with Gasteiger partial charge in [-0.1, -0.05) is 0 Å². The van der Waals surface area contributed by atoms with Gasteiger partial charge in [-0.05, 0) is 19.1 Å². The van der Waals surface area contributed by atoms with E-state index in [-0.39, 0.29) is 24.4 Å². The van der Waals surface area contributed by atoms with Crippen molar-refractivity contribution in [2.24, 2.45) is 0 Å². The first kappa shape index (κ1) is 14.7. The van der Waals surface area contributed by atoms with Crippen LogP contribution < -0.4 is 5.32 Å². The molecule has 0 spiro atoms. The molecule has 1 aromatic heterocycles.